The van der Waals surface area contributed by atoms with Crippen LogP contribution in [0.3, 0.4) is 0 Å². The number of carboxylic acids is 2. The third kappa shape index (κ3) is 10.9. The van der Waals surface area contributed by atoms with Crippen LogP contribution in [0.25, 0.3) is 22.3 Å². The first kappa shape index (κ1) is 43.0. The first-order valence-corrected chi connectivity index (χ1v) is 16.1. The Labute approximate surface area is 308 Å². The van der Waals surface area contributed by atoms with E-state index in [0.717, 1.165) is 35.1 Å². The first-order valence-electron chi connectivity index (χ1n) is 16.1. The molecule has 4 aromatic heterocycles. The number of aliphatic hydroxyl groups is 1. The van der Waals surface area contributed by atoms with Gasteiger partial charge in [0.1, 0.15) is 30.2 Å². The van der Waals surface area contributed by atoms with E-state index in [-0.39, 0.29) is 37.1 Å². The molecule has 0 atom stereocenters. The number of nitrogens with zero attached hydrogens (tertiary/aromatic N) is 8. The van der Waals surface area contributed by atoms with Crippen LogP contribution in [0.2, 0.25) is 0 Å². The van der Waals surface area contributed by atoms with Crippen molar-refractivity contribution in [1.29, 1.82) is 5.26 Å². The van der Waals surface area contributed by atoms with Crippen molar-refractivity contribution in [2.45, 2.75) is 68.3 Å². The number of hydrogen-bond acceptors (Lipinski definition) is 12. The summed E-state index contributed by atoms with van der Waals surface area (Å²) in [6.45, 7) is 0.763. The number of nitriles is 1. The number of aliphatic carboxylic acids is 2. The number of alkyl halides is 9. The maximum Gasteiger partial charge on any atom is 0.490 e. The molecule has 5 heterocycles. The monoisotopic (exact) mass is 811 g/mol. The van der Waals surface area contributed by atoms with E-state index in [1.54, 1.807) is 6.20 Å². The predicted octanol–water partition coefficient (Wildman–Crippen LogP) is 4.58. The molecule has 1 saturated heterocycles. The quantitative estimate of drug-likeness (QED) is 0.170. The van der Waals surface area contributed by atoms with Crippen LogP contribution in [0, 0.1) is 11.3 Å². The van der Waals surface area contributed by atoms with E-state index < -0.39 is 41.8 Å². The molecule has 1 aliphatic heterocycles. The van der Waals surface area contributed by atoms with Gasteiger partial charge in [0.2, 0.25) is 17.6 Å². The van der Waals surface area contributed by atoms with Gasteiger partial charge in [0, 0.05) is 42.5 Å². The average molecular weight is 812 g/mol. The van der Waals surface area contributed by atoms with Gasteiger partial charge in [-0.2, -0.15) is 59.8 Å². The van der Waals surface area contributed by atoms with Crippen molar-refractivity contribution in [3.8, 4) is 29.1 Å². The molecule has 0 aromatic carbocycles. The number of rotatable bonds is 9. The number of carboxylic acid groups (broad SMARTS) is 2. The number of hydrogen-bond donors (Lipinski definition) is 4. The molecular formula is C31H30F9N9O7. The summed E-state index contributed by atoms with van der Waals surface area (Å²) in [5.74, 6) is -7.38. The van der Waals surface area contributed by atoms with Crippen LogP contribution >= 0.6 is 0 Å². The zero-order valence-corrected chi connectivity index (χ0v) is 28.4. The molecule has 56 heavy (non-hydrogen) atoms. The van der Waals surface area contributed by atoms with E-state index in [1.165, 1.54) is 12.4 Å². The molecule has 16 nitrogen and oxygen atoms in total. The fourth-order valence-corrected chi connectivity index (χ4v) is 5.77. The van der Waals surface area contributed by atoms with E-state index in [9.17, 15) is 44.8 Å². The molecule has 0 amide bonds. The van der Waals surface area contributed by atoms with E-state index in [0.29, 0.717) is 32.4 Å². The van der Waals surface area contributed by atoms with Crippen LogP contribution in [0.15, 0.2) is 37.1 Å². The summed E-state index contributed by atoms with van der Waals surface area (Å²) in [6.07, 6.45) is -5.07. The standard InChI is InChI=1S/C27H28F3N9O3.2C2HF3O2/c28-27(29,30)25-36-21(41-10-9-40)11-22(37-25)42-19-3-1-18(2-4-19)38-14-26(15-38,6-7-31)39-13-17(12-35-39)23-20-5-8-32-24(20)34-16-33-23;2*3-2(4,5)1(6)7/h5,8,11-13,16,18-19,40H,1-4,6,9-10,14-15H2,(H,32,33,34);2*(H,6,7)/t18-,19+;;. The van der Waals surface area contributed by atoms with Gasteiger partial charge in [-0.05, 0) is 31.7 Å². The number of nitrogens with one attached hydrogen (secondary N) is 1. The topological polar surface area (TPSA) is 225 Å². The second kappa shape index (κ2) is 17.4. The zero-order chi connectivity index (χ0) is 41.5. The fourth-order valence-electron chi connectivity index (χ4n) is 5.77. The average Bonchev–Trinajstić information content (AvgIpc) is 3.79. The Morgan fingerprint density at radius 3 is 2.12 bits per heavy atom. The van der Waals surface area contributed by atoms with Crippen LogP contribution in [0.5, 0.6) is 11.8 Å². The summed E-state index contributed by atoms with van der Waals surface area (Å²) in [6, 6.07) is 5.71. The Hall–Kier alpha value is -5.77. The normalized spacial score (nSPS) is 18.3. The highest BCUT2D eigenvalue weighted by Crippen LogP contribution is 2.39. The Morgan fingerprint density at radius 1 is 0.964 bits per heavy atom. The van der Waals surface area contributed by atoms with Gasteiger partial charge in [0.25, 0.3) is 0 Å². The summed E-state index contributed by atoms with van der Waals surface area (Å²) in [5.41, 5.74) is 1.90. The summed E-state index contributed by atoms with van der Waals surface area (Å²) in [5, 5.41) is 38.3. The van der Waals surface area contributed by atoms with E-state index >= 15 is 0 Å². The lowest BCUT2D eigenvalue weighted by atomic mass is 9.82. The third-order valence-corrected chi connectivity index (χ3v) is 8.31. The highest BCUT2D eigenvalue weighted by atomic mass is 19.4. The smallest absolute Gasteiger partial charge is 0.475 e. The lowest BCUT2D eigenvalue weighted by molar-refractivity contribution is -0.193. The maximum atomic E-state index is 13.3. The molecule has 1 saturated carbocycles. The Kier molecular flexibility index (Phi) is 13.3. The van der Waals surface area contributed by atoms with E-state index in [4.69, 9.17) is 34.4 Å². The minimum absolute atomic E-state index is 0.195. The summed E-state index contributed by atoms with van der Waals surface area (Å²) in [7, 11) is 0. The molecule has 0 spiro atoms. The first-order chi connectivity index (χ1) is 26.2. The van der Waals surface area contributed by atoms with Crippen LogP contribution < -0.4 is 9.47 Å². The molecule has 1 aliphatic carbocycles. The van der Waals surface area contributed by atoms with Gasteiger partial charge in [0.15, 0.2) is 0 Å². The minimum Gasteiger partial charge on any atom is -0.475 e. The van der Waals surface area contributed by atoms with Crippen molar-refractivity contribution in [2.75, 3.05) is 26.3 Å². The van der Waals surface area contributed by atoms with Gasteiger partial charge < -0.3 is 29.8 Å². The Balaban J connectivity index is 0.000000425. The predicted molar refractivity (Wildman–Crippen MR) is 169 cm³/mol. The number of aromatic nitrogens is 7. The van der Waals surface area contributed by atoms with Crippen molar-refractivity contribution in [3.05, 3.63) is 42.9 Å². The number of fused-ring (bicyclic) bond motifs is 1. The van der Waals surface area contributed by atoms with Crippen LogP contribution in [0.1, 0.15) is 37.9 Å². The Bertz CT molecular complexity index is 1970. The molecule has 304 valence electrons. The van der Waals surface area contributed by atoms with Crippen molar-refractivity contribution < 1.29 is 73.9 Å². The largest absolute Gasteiger partial charge is 0.490 e. The van der Waals surface area contributed by atoms with Gasteiger partial charge in [-0.3, -0.25) is 9.58 Å². The van der Waals surface area contributed by atoms with Gasteiger partial charge in [0.05, 0.1) is 37.1 Å². The highest BCUT2D eigenvalue weighted by molar-refractivity contribution is 5.90. The summed E-state index contributed by atoms with van der Waals surface area (Å²) < 4.78 is 116. The maximum absolute atomic E-state index is 13.3. The van der Waals surface area contributed by atoms with E-state index in [1.807, 2.05) is 23.1 Å². The molecule has 25 heteroatoms. The molecule has 0 bridgehead atoms. The molecule has 0 unspecified atom stereocenters. The molecule has 6 rings (SSSR count). The van der Waals surface area contributed by atoms with E-state index in [2.05, 4.69) is 41.0 Å². The van der Waals surface area contributed by atoms with Gasteiger partial charge in [-0.1, -0.05) is 0 Å². The third-order valence-electron chi connectivity index (χ3n) is 8.31. The second-order valence-corrected chi connectivity index (χ2v) is 12.2. The number of H-pyrrole nitrogens is 1. The lowest BCUT2D eigenvalue weighted by Gasteiger charge is -2.53. The van der Waals surface area contributed by atoms with Crippen molar-refractivity contribution in [2.24, 2.45) is 0 Å². The fraction of sp³-hybridized carbons (Fsp3) is 0.484. The minimum atomic E-state index is -5.08. The van der Waals surface area contributed by atoms with Crippen LogP contribution in [-0.4, -0.2) is 118 Å². The van der Waals surface area contributed by atoms with Crippen molar-refractivity contribution in [1.82, 2.24) is 39.6 Å². The number of carbonyl (C=O) groups is 2. The number of aliphatic hydroxyl groups excluding tert-OH is 1. The molecule has 0 radical (unpaired) electrons. The van der Waals surface area contributed by atoms with Gasteiger partial charge >= 0.3 is 30.5 Å². The molecule has 4 aromatic rings. The lowest BCUT2D eigenvalue weighted by Crippen LogP contribution is -2.65. The Morgan fingerprint density at radius 2 is 1.57 bits per heavy atom. The summed E-state index contributed by atoms with van der Waals surface area (Å²) in [4.78, 5) is 38.8. The number of ether oxygens (including phenoxy) is 2. The van der Waals surface area contributed by atoms with Crippen molar-refractivity contribution >= 4 is 23.0 Å². The van der Waals surface area contributed by atoms with Crippen LogP contribution in [-0.2, 0) is 21.3 Å². The number of likely N-dealkylation sites (tertiary alicyclic amines) is 1. The highest BCUT2D eigenvalue weighted by Gasteiger charge is 2.48. The molecule has 2 aliphatic rings. The SMILES string of the molecule is N#CCC1(n2cc(-c3ncnc4[nH]ccc34)cn2)CN([C@H]2CC[C@@H](Oc3cc(OCCO)nc(C(F)(F)F)n3)CC2)C1.O=C(O)C(F)(F)F.O=C(O)C(F)(F)F. The van der Waals surface area contributed by atoms with Gasteiger partial charge in [-0.15, -0.1) is 0 Å². The number of aromatic amines is 1. The van der Waals surface area contributed by atoms with Gasteiger partial charge in [-0.25, -0.2) is 19.6 Å². The van der Waals surface area contributed by atoms with Crippen molar-refractivity contribution in [3.63, 3.8) is 0 Å². The van der Waals surface area contributed by atoms with Crippen LogP contribution in [0.4, 0.5) is 39.5 Å². The molecular weight excluding hydrogens is 781 g/mol. The number of halogens is 9. The molecule has 4 N–H and O–H groups in total. The second-order valence-electron chi connectivity index (χ2n) is 12.2. The zero-order valence-electron chi connectivity index (χ0n) is 28.4. The molecule has 2 fully saturated rings. The summed E-state index contributed by atoms with van der Waals surface area (Å²) >= 11 is 0.